The molecule has 136 heavy (non-hydrogen) atoms. The molecular formula is C96H107BrClFN14O20S3. The molecule has 2 bridgehead atoms. The summed E-state index contributed by atoms with van der Waals surface area (Å²) in [6.07, 6.45) is 2.08. The number of methoxy groups -OCH3 is 2. The molecule has 0 saturated carbocycles. The molecule has 0 aliphatic carbocycles. The van der Waals surface area contributed by atoms with Gasteiger partial charge in [0.1, 0.15) is 51.4 Å². The van der Waals surface area contributed by atoms with E-state index < -0.39 is 60.2 Å². The van der Waals surface area contributed by atoms with Crippen LogP contribution in [0.15, 0.2) is 191 Å². The SMILES string of the molecule is CC(=O)NC1OCC(O)C(O)C1O.CCOC(=O)N1CCc2c(sc(NC(=O)c3ccc(F)cc3)c2C(=O)Nc2ccc(Br)cc2)C1.CCc1cccc(CC)c1NC(=S)N=Nc1c(O)n(CN2CC(C)CC(C)C2)c2ccccc12.COC(=O)C1=NN2C(=O)CSC2=C(C(=O)OC(C)C)C1.COc1ccc(Cl)cc1C(=O)N/C(=C/c1ccco1)C(=O)N1CC2CC(C1)c1cccc(=O)n1C2. The Morgan fingerprint density at radius 2 is 1.51 bits per heavy atom. The van der Waals surface area contributed by atoms with Crippen molar-refractivity contribution in [2.24, 2.45) is 33.1 Å². The Balaban J connectivity index is 0.000000158. The number of aliphatic hydroxyl groups is 3. The topological polar surface area (TPSA) is 431 Å². The summed E-state index contributed by atoms with van der Waals surface area (Å²) in [5.74, 6) is -1.39. The number of hydrogen-bond donors (Lipinski definition) is 9. The Hall–Kier alpha value is -12.3. The number of thiocarbonyl (C=S) groups is 1. The van der Waals surface area contributed by atoms with E-state index in [-0.39, 0.29) is 118 Å². The van der Waals surface area contributed by atoms with Crippen molar-refractivity contribution in [3.8, 4) is 11.6 Å². The number of furan rings is 1. The molecule has 720 valence electrons. The van der Waals surface area contributed by atoms with Crippen molar-refractivity contribution in [1.29, 1.82) is 0 Å². The third-order valence-corrected chi connectivity index (χ3v) is 26.0. The number of likely N-dealkylation sites (tertiary alicyclic amines) is 2. The van der Waals surface area contributed by atoms with E-state index in [0.717, 1.165) is 74.6 Å². The van der Waals surface area contributed by atoms with E-state index in [1.807, 2.05) is 51.6 Å². The van der Waals surface area contributed by atoms with Crippen LogP contribution in [0.25, 0.3) is 17.0 Å². The number of azo groups is 1. The summed E-state index contributed by atoms with van der Waals surface area (Å²) in [6, 6.07) is 39.9. The average molecular weight is 2010 g/mol. The predicted molar refractivity (Wildman–Crippen MR) is 519 cm³/mol. The lowest BCUT2D eigenvalue weighted by Crippen LogP contribution is -2.58. The number of piperidine rings is 2. The molecule has 7 amide bonds. The maximum atomic E-state index is 13.7. The number of nitrogens with one attached hydrogen (secondary N) is 5. The number of pyridine rings is 1. The maximum absolute atomic E-state index is 13.7. The number of thioether (sulfide) groups is 1. The molecule has 4 fully saturated rings. The zero-order chi connectivity index (χ0) is 97.9. The van der Waals surface area contributed by atoms with Crippen molar-refractivity contribution in [2.75, 3.05) is 81.9 Å². The minimum absolute atomic E-state index is 0.00431. The molecule has 16 rings (SSSR count). The molecule has 0 radical (unpaired) electrons. The second kappa shape index (κ2) is 47.4. The first-order valence-corrected chi connectivity index (χ1v) is 47.5. The van der Waals surface area contributed by atoms with Crippen molar-refractivity contribution in [2.45, 2.75) is 150 Å². The minimum Gasteiger partial charge on any atom is -0.496 e. The number of para-hydroxylation sites is 2. The summed E-state index contributed by atoms with van der Waals surface area (Å²) < 4.78 is 48.3. The maximum Gasteiger partial charge on any atom is 0.410 e. The van der Waals surface area contributed by atoms with Crippen LogP contribution >= 0.6 is 62.8 Å². The van der Waals surface area contributed by atoms with Crippen LogP contribution in [0.5, 0.6) is 11.6 Å². The number of carbonyl (C=O) groups is 9. The number of carbonyl (C=O) groups excluding carboxylic acids is 9. The highest BCUT2D eigenvalue weighted by molar-refractivity contribution is 9.10. The van der Waals surface area contributed by atoms with Crippen molar-refractivity contribution in [3.05, 3.63) is 237 Å². The zero-order valence-corrected chi connectivity index (χ0v) is 81.1. The lowest BCUT2D eigenvalue weighted by Gasteiger charge is -2.42. The van der Waals surface area contributed by atoms with Crippen molar-refractivity contribution in [1.82, 2.24) is 39.5 Å². The Morgan fingerprint density at radius 3 is 2.18 bits per heavy atom. The molecule has 34 nitrogen and oxygen atoms in total. The van der Waals surface area contributed by atoms with Crippen molar-refractivity contribution < 1.29 is 96.1 Å². The summed E-state index contributed by atoms with van der Waals surface area (Å²) in [6.45, 7) is 20.3. The van der Waals surface area contributed by atoms with E-state index in [0.29, 0.717) is 94.6 Å². The van der Waals surface area contributed by atoms with Crippen molar-refractivity contribution in [3.63, 3.8) is 0 Å². The highest BCUT2D eigenvalue weighted by atomic mass is 79.9. The van der Waals surface area contributed by atoms with Crippen molar-refractivity contribution >= 4 is 166 Å². The average Bonchev–Trinajstić information content (AvgIpc) is 0.969. The highest BCUT2D eigenvalue weighted by Gasteiger charge is 2.42. The zero-order valence-electron chi connectivity index (χ0n) is 76.4. The predicted octanol–water partition coefficient (Wildman–Crippen LogP) is 14.3. The van der Waals surface area contributed by atoms with Gasteiger partial charge in [-0.3, -0.25) is 43.0 Å². The quantitative estimate of drug-likeness (QED) is 0.0112. The van der Waals surface area contributed by atoms with E-state index in [1.165, 1.54) is 104 Å². The highest BCUT2D eigenvalue weighted by Crippen LogP contribution is 2.43. The van der Waals surface area contributed by atoms with Crippen LogP contribution in [0.2, 0.25) is 5.02 Å². The number of ether oxygens (including phenoxy) is 5. The lowest BCUT2D eigenvalue weighted by molar-refractivity contribution is -0.196. The third-order valence-electron chi connectivity index (χ3n) is 22.8. The number of aryl methyl sites for hydroxylation is 2. The second-order valence-corrected chi connectivity index (χ2v) is 37.1. The number of hydrogen-bond acceptors (Lipinski definition) is 26. The normalized spacial score (nSPS) is 19.4. The number of anilines is 3. The molecule has 4 aromatic heterocycles. The van der Waals surface area contributed by atoms with Gasteiger partial charge in [0.15, 0.2) is 17.6 Å². The standard InChI is InChI=1S/C27H35N5OS.C26H24ClN3O5.C24H21BrFN3O4S.C12H14N2O5S.C7H13NO5/c1-5-20-10-9-11-21(6-2)24(20)28-27(34)30-29-25-22-12-7-8-13-23(22)32(26(25)33)17-31-15-18(3)14-19(4)16-31;1-34-23-8-7-18(27)11-20(23)25(32)28-21(12-19-4-3-9-35-19)26(33)29-13-16-10-17(15-29)22-5-2-6-24(31)30(22)14-16;1-2-33-24(32)29-12-11-18-19(13-29)34-23(28-21(30)14-3-7-16(26)8-4-14)20(18)22(31)27-17-9-5-15(25)6-10-17;1-6(2)19-11(16)7-4-8(12(17)18-3)13-14-9(15)5-20-10(7)14;1-3(9)8-7-6(12)5(11)4(10)2-13-7/h7-13,18-19,33H,5-6,14-17H2,1-4H3,(H,28,34);2-9,11-12,16-17H,10,13-15H2,1H3,(H,28,32);3-10H,2,11-13H2,1H3,(H,27,31)(H,28,30);6H,4-5H2,1-3H3;4-7,10-12H,2H2,1H3,(H,8,9)/b;21-12+;;;. The summed E-state index contributed by atoms with van der Waals surface area (Å²) >= 11 is 17.4. The molecule has 8 atom stereocenters. The number of aromatic hydroxyl groups is 1. The molecule has 7 aliphatic heterocycles. The first-order chi connectivity index (χ1) is 65.1. The van der Waals surface area contributed by atoms with Crippen LogP contribution in [-0.2, 0) is 81.9 Å². The fraction of sp³-hybridized carbons (Fsp3) is 0.375. The number of nitrogens with zero attached hydrogens (tertiary/aromatic N) is 9. The minimum atomic E-state index is -1.30. The van der Waals surface area contributed by atoms with E-state index >= 15 is 0 Å². The molecule has 0 spiro atoms. The van der Waals surface area contributed by atoms with Gasteiger partial charge in [0, 0.05) is 113 Å². The van der Waals surface area contributed by atoms with Crippen LogP contribution < -0.4 is 36.9 Å². The number of thiophene rings is 1. The van der Waals surface area contributed by atoms with E-state index in [2.05, 4.69) is 113 Å². The second-order valence-electron chi connectivity index (χ2n) is 33.3. The number of aliphatic hydroxyl groups excluding tert-OH is 3. The fourth-order valence-corrected chi connectivity index (χ4v) is 19.5. The molecule has 4 saturated heterocycles. The van der Waals surface area contributed by atoms with Gasteiger partial charge in [0.05, 0.1) is 81.0 Å². The van der Waals surface area contributed by atoms with Crippen LogP contribution in [0.3, 0.4) is 0 Å². The fourth-order valence-electron chi connectivity index (χ4n) is 16.7. The Kier molecular flexibility index (Phi) is 35.8. The van der Waals surface area contributed by atoms with E-state index in [4.69, 9.17) is 52.3 Å². The van der Waals surface area contributed by atoms with Crippen LogP contribution in [0.4, 0.5) is 31.2 Å². The van der Waals surface area contributed by atoms with Crippen LogP contribution in [0, 0.1) is 23.6 Å². The number of esters is 2. The first-order valence-electron chi connectivity index (χ1n) is 44.1. The summed E-state index contributed by atoms with van der Waals surface area (Å²) in [5.41, 5.74) is 8.32. The van der Waals surface area contributed by atoms with Gasteiger partial charge in [-0.15, -0.1) is 21.6 Å². The van der Waals surface area contributed by atoms with Gasteiger partial charge in [-0.1, -0.05) is 109 Å². The first kappa shape index (κ1) is 103. The number of aromatic nitrogens is 2. The molecular weight excluding hydrogens is 1900 g/mol. The number of fused-ring (bicyclic) bond motifs is 7. The number of rotatable bonds is 20. The van der Waals surface area contributed by atoms with Gasteiger partial charge < -0.3 is 89.5 Å². The molecule has 9 N–H and O–H groups in total. The molecule has 40 heteroatoms. The van der Waals surface area contributed by atoms with Gasteiger partial charge in [-0.2, -0.15) is 10.1 Å². The number of halogens is 3. The van der Waals surface area contributed by atoms with Crippen LogP contribution in [-0.4, -0.2) is 210 Å². The largest absolute Gasteiger partial charge is 0.496 e. The Labute approximate surface area is 810 Å². The van der Waals surface area contributed by atoms with Crippen LogP contribution in [0.1, 0.15) is 145 Å². The molecule has 7 aliphatic rings. The monoisotopic (exact) mass is 2000 g/mol. The molecule has 8 unspecified atom stereocenters. The van der Waals surface area contributed by atoms with E-state index in [1.54, 1.807) is 79.1 Å². The van der Waals surface area contributed by atoms with Gasteiger partial charge >= 0.3 is 18.0 Å². The Bertz CT molecular complexity index is 6080. The van der Waals surface area contributed by atoms with Gasteiger partial charge in [0.2, 0.25) is 16.9 Å². The Morgan fingerprint density at radius 1 is 0.794 bits per heavy atom. The van der Waals surface area contributed by atoms with Gasteiger partial charge in [-0.05, 0) is 191 Å². The van der Waals surface area contributed by atoms with E-state index in [9.17, 15) is 67.7 Å². The molecule has 9 aromatic rings. The lowest BCUT2D eigenvalue weighted by atomic mass is 9.83. The molecule has 5 aromatic carbocycles. The smallest absolute Gasteiger partial charge is 0.410 e. The third kappa shape index (κ3) is 25.9. The van der Waals surface area contributed by atoms with Gasteiger partial charge in [0.25, 0.3) is 35.1 Å². The summed E-state index contributed by atoms with van der Waals surface area (Å²) in [7, 11) is 2.68. The van der Waals surface area contributed by atoms with Gasteiger partial charge in [-0.25, -0.2) is 18.8 Å². The number of amides is 7. The molecule has 11 heterocycles. The summed E-state index contributed by atoms with van der Waals surface area (Å²) in [4.78, 5) is 130. The summed E-state index contributed by atoms with van der Waals surface area (Å²) in [5, 5.41) is 68.8. The number of hydrazone groups is 1. The number of benzene rings is 5.